The first-order valence-electron chi connectivity index (χ1n) is 18.1. The van der Waals surface area contributed by atoms with Crippen molar-refractivity contribution < 1.29 is 0 Å². The summed E-state index contributed by atoms with van der Waals surface area (Å²) < 4.78 is 2.59. The van der Waals surface area contributed by atoms with Crippen molar-refractivity contribution >= 4 is 74.7 Å². The van der Waals surface area contributed by atoms with Crippen LogP contribution < -0.4 is 0 Å². The van der Waals surface area contributed by atoms with E-state index in [4.69, 9.17) is 4.98 Å². The van der Waals surface area contributed by atoms with E-state index in [1.165, 1.54) is 85.9 Å². The predicted octanol–water partition coefficient (Wildman–Crippen LogP) is 14.7. The summed E-state index contributed by atoms with van der Waals surface area (Å²) in [5.74, 6) is 0. The van der Waals surface area contributed by atoms with Crippen molar-refractivity contribution in [3.8, 4) is 44.6 Å². The van der Waals surface area contributed by atoms with Gasteiger partial charge in [-0.2, -0.15) is 0 Å². The van der Waals surface area contributed by atoms with Gasteiger partial charge in [-0.05, 0) is 108 Å². The molecule has 2 heteroatoms. The van der Waals surface area contributed by atoms with Crippen LogP contribution in [-0.4, -0.2) is 4.98 Å². The number of hydrogen-bond donors (Lipinski definition) is 0. The average Bonchev–Trinajstić information content (AvgIpc) is 3.62. The minimum absolute atomic E-state index is 0.982. The van der Waals surface area contributed by atoms with E-state index < -0.39 is 0 Å². The first-order chi connectivity index (χ1) is 26.3. The first-order valence-corrected chi connectivity index (χ1v) is 18.9. The van der Waals surface area contributed by atoms with Crippen LogP contribution in [0.25, 0.3) is 108 Å². The third kappa shape index (κ3) is 4.88. The lowest BCUT2D eigenvalue weighted by atomic mass is 9.90. The van der Waals surface area contributed by atoms with Gasteiger partial charge in [-0.25, -0.2) is 4.98 Å². The minimum Gasteiger partial charge on any atom is -0.248 e. The molecule has 2 heterocycles. The summed E-state index contributed by atoms with van der Waals surface area (Å²) in [7, 11) is 0. The fraction of sp³-hybridized carbons (Fsp3) is 0. The van der Waals surface area contributed by atoms with Crippen molar-refractivity contribution in [2.24, 2.45) is 0 Å². The molecular formula is C51H31NS. The third-order valence-electron chi connectivity index (χ3n) is 10.8. The molecule has 0 radical (unpaired) electrons. The fourth-order valence-electron chi connectivity index (χ4n) is 8.36. The van der Waals surface area contributed by atoms with Crippen LogP contribution in [0.15, 0.2) is 188 Å². The van der Waals surface area contributed by atoms with Crippen molar-refractivity contribution in [1.29, 1.82) is 0 Å². The van der Waals surface area contributed by atoms with Gasteiger partial charge in [0.1, 0.15) is 0 Å². The van der Waals surface area contributed by atoms with Gasteiger partial charge in [-0.1, -0.05) is 146 Å². The van der Waals surface area contributed by atoms with Gasteiger partial charge in [0.05, 0.1) is 11.2 Å². The summed E-state index contributed by atoms with van der Waals surface area (Å²) in [6.07, 6.45) is 0. The molecule has 11 aromatic rings. The minimum atomic E-state index is 0.982. The Balaban J connectivity index is 1.14. The SMILES string of the molecule is c1ccc(-c2cc(-c3cc(-c4cccc(-c5ccc6c7ccccc7c7ccccc7c6c5)c4)c4c(c3)sc3ccccc34)c3ccccc3n2)cc1. The highest BCUT2D eigenvalue weighted by Gasteiger charge is 2.17. The van der Waals surface area contributed by atoms with E-state index in [1.54, 1.807) is 0 Å². The molecule has 0 N–H and O–H groups in total. The second-order valence-electron chi connectivity index (χ2n) is 13.9. The van der Waals surface area contributed by atoms with E-state index in [-0.39, 0.29) is 0 Å². The van der Waals surface area contributed by atoms with E-state index in [2.05, 4.69) is 188 Å². The highest BCUT2D eigenvalue weighted by atomic mass is 32.1. The zero-order valence-electron chi connectivity index (χ0n) is 28.8. The maximum absolute atomic E-state index is 5.11. The molecule has 9 aromatic carbocycles. The third-order valence-corrected chi connectivity index (χ3v) is 11.9. The number of nitrogens with zero attached hydrogens (tertiary/aromatic N) is 1. The summed E-state index contributed by atoms with van der Waals surface area (Å²) in [6.45, 7) is 0. The molecule has 11 rings (SSSR count). The quantitative estimate of drug-likeness (QED) is 0.168. The van der Waals surface area contributed by atoms with Crippen molar-refractivity contribution in [3.63, 3.8) is 0 Å². The Labute approximate surface area is 311 Å². The Kier molecular flexibility index (Phi) is 6.80. The van der Waals surface area contributed by atoms with E-state index in [9.17, 15) is 0 Å². The monoisotopic (exact) mass is 689 g/mol. The van der Waals surface area contributed by atoms with E-state index in [0.29, 0.717) is 0 Å². The molecule has 1 nitrogen and oxygen atoms in total. The molecule has 0 saturated heterocycles. The number of aromatic nitrogens is 1. The summed E-state index contributed by atoms with van der Waals surface area (Å²) in [4.78, 5) is 5.11. The summed E-state index contributed by atoms with van der Waals surface area (Å²) in [5, 5.41) is 11.5. The van der Waals surface area contributed by atoms with Crippen LogP contribution in [0.3, 0.4) is 0 Å². The van der Waals surface area contributed by atoms with E-state index in [0.717, 1.165) is 22.2 Å². The number of fused-ring (bicyclic) bond motifs is 10. The average molecular weight is 690 g/mol. The standard InChI is InChI=1S/C51H31NS/c1-2-13-32(14-3-1)48-31-44(42-21-8-10-23-47(42)52-48)36-29-45(51-43-22-9-11-24-49(43)53-50(51)30-36)35-16-12-15-33(27-35)34-25-26-41-39-19-5-4-17-37(39)38-18-6-7-20-40(38)46(41)28-34/h1-31H. The topological polar surface area (TPSA) is 12.9 Å². The maximum atomic E-state index is 5.11. The normalized spacial score (nSPS) is 11.8. The molecule has 0 saturated carbocycles. The van der Waals surface area contributed by atoms with E-state index >= 15 is 0 Å². The highest BCUT2D eigenvalue weighted by Crippen LogP contribution is 2.45. The zero-order valence-corrected chi connectivity index (χ0v) is 29.6. The number of rotatable bonds is 4. The Morgan fingerprint density at radius 1 is 0.302 bits per heavy atom. The van der Waals surface area contributed by atoms with Crippen LogP contribution in [0.4, 0.5) is 0 Å². The molecule has 246 valence electrons. The molecule has 0 aliphatic carbocycles. The molecule has 0 bridgehead atoms. The molecule has 0 atom stereocenters. The van der Waals surface area contributed by atoms with Crippen molar-refractivity contribution in [3.05, 3.63) is 188 Å². The lowest BCUT2D eigenvalue weighted by Gasteiger charge is -2.15. The molecule has 0 spiro atoms. The van der Waals surface area contributed by atoms with Crippen LogP contribution >= 0.6 is 11.3 Å². The molecule has 53 heavy (non-hydrogen) atoms. The highest BCUT2D eigenvalue weighted by molar-refractivity contribution is 7.26. The van der Waals surface area contributed by atoms with Gasteiger partial charge >= 0.3 is 0 Å². The van der Waals surface area contributed by atoms with Crippen LogP contribution in [0, 0.1) is 0 Å². The molecule has 0 fully saturated rings. The lowest BCUT2D eigenvalue weighted by molar-refractivity contribution is 1.40. The Hall–Kier alpha value is -6.61. The second-order valence-corrected chi connectivity index (χ2v) is 14.9. The van der Waals surface area contributed by atoms with Gasteiger partial charge < -0.3 is 0 Å². The van der Waals surface area contributed by atoms with Gasteiger partial charge in [0.25, 0.3) is 0 Å². The smallest absolute Gasteiger partial charge is 0.0715 e. The summed E-state index contributed by atoms with van der Waals surface area (Å²) in [5.41, 5.74) is 10.4. The Bertz CT molecular complexity index is 3190. The zero-order chi connectivity index (χ0) is 34.9. The van der Waals surface area contributed by atoms with Gasteiger partial charge in [-0.3, -0.25) is 0 Å². The van der Waals surface area contributed by atoms with E-state index in [1.807, 2.05) is 11.3 Å². The van der Waals surface area contributed by atoms with Crippen molar-refractivity contribution in [1.82, 2.24) is 4.98 Å². The van der Waals surface area contributed by atoms with Crippen LogP contribution in [-0.2, 0) is 0 Å². The summed E-state index contributed by atoms with van der Waals surface area (Å²) in [6, 6.07) is 68.7. The molecule has 0 unspecified atom stereocenters. The van der Waals surface area contributed by atoms with Gasteiger partial charge in [-0.15, -0.1) is 11.3 Å². The predicted molar refractivity (Wildman–Crippen MR) is 229 cm³/mol. The number of pyridine rings is 1. The molecule has 0 aliphatic heterocycles. The lowest BCUT2D eigenvalue weighted by Crippen LogP contribution is -1.91. The Morgan fingerprint density at radius 3 is 1.66 bits per heavy atom. The van der Waals surface area contributed by atoms with Crippen molar-refractivity contribution in [2.45, 2.75) is 0 Å². The number of benzene rings is 9. The maximum Gasteiger partial charge on any atom is 0.0715 e. The molecular weight excluding hydrogens is 659 g/mol. The fourth-order valence-corrected chi connectivity index (χ4v) is 9.53. The van der Waals surface area contributed by atoms with Crippen LogP contribution in [0.1, 0.15) is 0 Å². The summed E-state index contributed by atoms with van der Waals surface area (Å²) >= 11 is 1.87. The van der Waals surface area contributed by atoms with Gasteiger partial charge in [0.15, 0.2) is 0 Å². The molecule has 2 aromatic heterocycles. The molecule has 0 aliphatic rings. The van der Waals surface area contributed by atoms with Crippen LogP contribution in [0.5, 0.6) is 0 Å². The van der Waals surface area contributed by atoms with Gasteiger partial charge in [0.2, 0.25) is 0 Å². The van der Waals surface area contributed by atoms with Crippen LogP contribution in [0.2, 0.25) is 0 Å². The van der Waals surface area contributed by atoms with Gasteiger partial charge in [0, 0.05) is 31.1 Å². The largest absolute Gasteiger partial charge is 0.248 e. The first kappa shape index (κ1) is 30.1. The number of para-hydroxylation sites is 1. The Morgan fingerprint density at radius 2 is 0.887 bits per heavy atom. The number of thiophene rings is 1. The second kappa shape index (κ2) is 12.0. The number of hydrogen-bond acceptors (Lipinski definition) is 2. The van der Waals surface area contributed by atoms with Crippen molar-refractivity contribution in [2.75, 3.05) is 0 Å². The molecule has 0 amide bonds.